The number of hydrogen-bond donors (Lipinski definition) is 1. The fraction of sp³-hybridized carbons (Fsp3) is 0.222. The fourth-order valence-corrected chi connectivity index (χ4v) is 1.36. The van der Waals surface area contributed by atoms with Crippen LogP contribution < -0.4 is 5.56 Å². The van der Waals surface area contributed by atoms with Crippen molar-refractivity contribution in [3.8, 4) is 6.07 Å². The number of aryl methyl sites for hydroxylation is 1. The Labute approximate surface area is 79.6 Å². The van der Waals surface area contributed by atoms with Crippen molar-refractivity contribution in [3.63, 3.8) is 0 Å². The lowest BCUT2D eigenvalue weighted by Crippen LogP contribution is -2.19. The topological polar surface area (TPSA) is 74.5 Å². The summed E-state index contributed by atoms with van der Waals surface area (Å²) in [6.07, 6.45) is 1.38. The molecule has 0 aliphatic heterocycles. The third-order valence-electron chi connectivity index (χ3n) is 1.99. The van der Waals surface area contributed by atoms with Gasteiger partial charge in [0, 0.05) is 5.69 Å². The van der Waals surface area contributed by atoms with E-state index in [1.807, 2.05) is 13.0 Å². The minimum absolute atomic E-state index is 0.0337. The van der Waals surface area contributed by atoms with Crippen LogP contribution in [0.5, 0.6) is 0 Å². The quantitative estimate of drug-likeness (QED) is 0.710. The molecule has 70 valence electrons. The maximum atomic E-state index is 11.7. The van der Waals surface area contributed by atoms with Crippen LogP contribution in [0.3, 0.4) is 0 Å². The molecule has 0 fully saturated rings. The van der Waals surface area contributed by atoms with E-state index >= 15 is 0 Å². The number of aromatic nitrogens is 3. The Morgan fingerprint density at radius 2 is 2.50 bits per heavy atom. The van der Waals surface area contributed by atoms with Crippen LogP contribution in [0, 0.1) is 18.3 Å². The van der Waals surface area contributed by atoms with Crippen LogP contribution in [0.4, 0.5) is 0 Å². The molecule has 0 aliphatic carbocycles. The van der Waals surface area contributed by atoms with Crippen molar-refractivity contribution in [2.45, 2.75) is 13.5 Å². The molecule has 0 amide bonds. The molecule has 0 unspecified atom stereocenters. The number of fused-ring (bicyclic) bond motifs is 1. The largest absolute Gasteiger partial charge is 0.343 e. The monoisotopic (exact) mass is 188 g/mol. The first-order valence-corrected chi connectivity index (χ1v) is 4.14. The van der Waals surface area contributed by atoms with Crippen LogP contribution in [-0.2, 0) is 6.54 Å². The summed E-state index contributed by atoms with van der Waals surface area (Å²) in [7, 11) is 0. The lowest BCUT2D eigenvalue weighted by atomic mass is 10.4. The van der Waals surface area contributed by atoms with Crippen LogP contribution in [0.2, 0.25) is 0 Å². The van der Waals surface area contributed by atoms with Gasteiger partial charge in [-0.05, 0) is 13.0 Å². The number of nitrogens with one attached hydrogen (secondary N) is 1. The van der Waals surface area contributed by atoms with E-state index in [1.54, 1.807) is 6.07 Å². The van der Waals surface area contributed by atoms with E-state index < -0.39 is 0 Å². The highest BCUT2D eigenvalue weighted by molar-refractivity contribution is 5.74. The van der Waals surface area contributed by atoms with Gasteiger partial charge in [0.25, 0.3) is 5.56 Å². The molecule has 2 rings (SSSR count). The van der Waals surface area contributed by atoms with E-state index in [4.69, 9.17) is 5.26 Å². The highest BCUT2D eigenvalue weighted by Gasteiger charge is 2.05. The van der Waals surface area contributed by atoms with Crippen molar-refractivity contribution < 1.29 is 0 Å². The summed E-state index contributed by atoms with van der Waals surface area (Å²) >= 11 is 0. The second kappa shape index (κ2) is 3.00. The zero-order valence-corrected chi connectivity index (χ0v) is 7.61. The van der Waals surface area contributed by atoms with Crippen molar-refractivity contribution in [1.29, 1.82) is 5.26 Å². The van der Waals surface area contributed by atoms with Crippen molar-refractivity contribution in [2.75, 3.05) is 0 Å². The van der Waals surface area contributed by atoms with Crippen LogP contribution in [0.25, 0.3) is 11.0 Å². The lowest BCUT2D eigenvalue weighted by molar-refractivity contribution is 0.775. The molecule has 5 nitrogen and oxygen atoms in total. The Morgan fingerprint density at radius 1 is 1.71 bits per heavy atom. The molecular weight excluding hydrogens is 180 g/mol. The number of H-pyrrole nitrogens is 1. The second-order valence-corrected chi connectivity index (χ2v) is 3.05. The maximum Gasteiger partial charge on any atom is 0.263 e. The average molecular weight is 188 g/mol. The van der Waals surface area contributed by atoms with Crippen molar-refractivity contribution in [3.05, 3.63) is 28.4 Å². The van der Waals surface area contributed by atoms with Crippen LogP contribution in [0.15, 0.2) is 17.2 Å². The molecule has 2 heterocycles. The van der Waals surface area contributed by atoms with Gasteiger partial charge in [-0.15, -0.1) is 0 Å². The Hall–Kier alpha value is -2.09. The zero-order chi connectivity index (χ0) is 10.1. The van der Waals surface area contributed by atoms with E-state index in [2.05, 4.69) is 9.97 Å². The van der Waals surface area contributed by atoms with Gasteiger partial charge in [0.15, 0.2) is 0 Å². The average Bonchev–Trinajstić information content (AvgIpc) is 2.52. The minimum atomic E-state index is -0.180. The van der Waals surface area contributed by atoms with E-state index in [9.17, 15) is 4.79 Å². The number of rotatable bonds is 1. The van der Waals surface area contributed by atoms with Gasteiger partial charge < -0.3 is 4.98 Å². The van der Waals surface area contributed by atoms with Gasteiger partial charge in [-0.3, -0.25) is 9.36 Å². The van der Waals surface area contributed by atoms with E-state index in [0.717, 1.165) is 5.69 Å². The molecule has 2 aromatic rings. The number of nitriles is 1. The van der Waals surface area contributed by atoms with Crippen molar-refractivity contribution >= 4 is 11.0 Å². The van der Waals surface area contributed by atoms with E-state index in [1.165, 1.54) is 10.9 Å². The minimum Gasteiger partial charge on any atom is -0.343 e. The first kappa shape index (κ1) is 8.51. The molecule has 0 radical (unpaired) electrons. The number of aromatic amines is 1. The lowest BCUT2D eigenvalue weighted by Gasteiger charge is -1.97. The standard InChI is InChI=1S/C9H8N4O/c1-6-4-7-8(12-6)11-5-13(3-2-10)9(7)14/h4-5,12H,3H2,1H3. The maximum absolute atomic E-state index is 11.7. The molecule has 14 heavy (non-hydrogen) atoms. The van der Waals surface area contributed by atoms with E-state index in [0.29, 0.717) is 11.0 Å². The zero-order valence-electron chi connectivity index (χ0n) is 7.61. The summed E-state index contributed by atoms with van der Waals surface area (Å²) < 4.78 is 1.29. The molecule has 0 aliphatic rings. The van der Waals surface area contributed by atoms with Crippen LogP contribution in [-0.4, -0.2) is 14.5 Å². The molecule has 0 spiro atoms. The Kier molecular flexibility index (Phi) is 1.82. The summed E-state index contributed by atoms with van der Waals surface area (Å²) in [4.78, 5) is 18.7. The molecule has 0 aromatic carbocycles. The Bertz CT molecular complexity index is 572. The second-order valence-electron chi connectivity index (χ2n) is 3.05. The molecule has 0 saturated heterocycles. The van der Waals surface area contributed by atoms with Gasteiger partial charge in [0.05, 0.1) is 11.5 Å². The normalized spacial score (nSPS) is 10.3. The van der Waals surface area contributed by atoms with Crippen molar-refractivity contribution in [2.24, 2.45) is 0 Å². The highest BCUT2D eigenvalue weighted by Crippen LogP contribution is 2.06. The summed E-state index contributed by atoms with van der Waals surface area (Å²) in [5.41, 5.74) is 1.28. The van der Waals surface area contributed by atoms with E-state index in [-0.39, 0.29) is 12.1 Å². The first-order valence-electron chi connectivity index (χ1n) is 4.14. The molecule has 0 atom stereocenters. The molecule has 2 aromatic heterocycles. The fourth-order valence-electron chi connectivity index (χ4n) is 1.36. The summed E-state index contributed by atoms with van der Waals surface area (Å²) in [6.45, 7) is 1.89. The van der Waals surface area contributed by atoms with Gasteiger partial charge in [-0.25, -0.2) is 4.98 Å². The van der Waals surface area contributed by atoms with Crippen molar-refractivity contribution in [1.82, 2.24) is 14.5 Å². The SMILES string of the molecule is Cc1cc2c(=O)n(CC#N)cnc2[nH]1. The first-order chi connectivity index (χ1) is 6.72. The predicted molar refractivity (Wildman–Crippen MR) is 50.7 cm³/mol. The van der Waals surface area contributed by atoms with Gasteiger partial charge in [-0.2, -0.15) is 5.26 Å². The van der Waals surface area contributed by atoms with Gasteiger partial charge in [0.2, 0.25) is 0 Å². The Balaban J connectivity index is 2.76. The molecule has 0 bridgehead atoms. The summed E-state index contributed by atoms with van der Waals surface area (Å²) in [6, 6.07) is 3.64. The third-order valence-corrected chi connectivity index (χ3v) is 1.99. The molecule has 0 saturated carbocycles. The van der Waals surface area contributed by atoms with Gasteiger partial charge in [0.1, 0.15) is 18.5 Å². The number of nitrogens with zero attached hydrogens (tertiary/aromatic N) is 3. The summed E-state index contributed by atoms with van der Waals surface area (Å²) in [5.74, 6) is 0. The predicted octanol–water partition coefficient (Wildman–Crippen LogP) is 0.557. The molecule has 5 heteroatoms. The third kappa shape index (κ3) is 1.17. The van der Waals surface area contributed by atoms with Crippen LogP contribution in [0.1, 0.15) is 5.69 Å². The molecular formula is C9H8N4O. The van der Waals surface area contributed by atoms with Crippen LogP contribution >= 0.6 is 0 Å². The number of hydrogen-bond acceptors (Lipinski definition) is 3. The van der Waals surface area contributed by atoms with Gasteiger partial charge >= 0.3 is 0 Å². The Morgan fingerprint density at radius 3 is 3.21 bits per heavy atom. The van der Waals surface area contributed by atoms with Gasteiger partial charge in [-0.1, -0.05) is 0 Å². The summed E-state index contributed by atoms with van der Waals surface area (Å²) in [5, 5.41) is 9.00. The smallest absolute Gasteiger partial charge is 0.263 e. The molecule has 1 N–H and O–H groups in total. The highest BCUT2D eigenvalue weighted by atomic mass is 16.1.